The Morgan fingerprint density at radius 1 is 0.800 bits per heavy atom. The molecule has 0 nitrogen and oxygen atoms in total. The van der Waals surface area contributed by atoms with Crippen LogP contribution in [0.3, 0.4) is 0 Å². The fourth-order valence-electron chi connectivity index (χ4n) is 1.38. The molecule has 0 bridgehead atoms. The molecule has 0 amide bonds. The maximum atomic E-state index is 2.28. The molecule has 80 valence electrons. The molecule has 0 aromatic carbocycles. The molecule has 0 aromatic heterocycles. The van der Waals surface area contributed by atoms with E-state index in [0.717, 1.165) is 12.8 Å². The van der Waals surface area contributed by atoms with Gasteiger partial charge in [-0.3, -0.25) is 0 Å². The van der Waals surface area contributed by atoms with Crippen LogP contribution >= 0.6 is 0 Å². The van der Waals surface area contributed by atoms with Gasteiger partial charge in [-0.2, -0.15) is 29.7 Å². The van der Waals surface area contributed by atoms with Crippen molar-refractivity contribution in [3.05, 3.63) is 54.0 Å². The van der Waals surface area contributed by atoms with Crippen LogP contribution in [0.15, 0.2) is 47.6 Å². The minimum atomic E-state index is 0. The largest absolute Gasteiger partial charge is 4.00 e. The van der Waals surface area contributed by atoms with E-state index < -0.39 is 0 Å². The van der Waals surface area contributed by atoms with E-state index in [1.165, 1.54) is 11.1 Å². The van der Waals surface area contributed by atoms with Crippen molar-refractivity contribution < 1.29 is 58.9 Å². The first-order chi connectivity index (χ1) is 5.45. The van der Waals surface area contributed by atoms with Crippen molar-refractivity contribution in [2.24, 2.45) is 0 Å². The summed E-state index contributed by atoms with van der Waals surface area (Å²) in [6.45, 7) is 0. The van der Waals surface area contributed by atoms with Crippen molar-refractivity contribution in [2.45, 2.75) is 12.8 Å². The summed E-state index contributed by atoms with van der Waals surface area (Å²) >= 11 is 0. The third kappa shape index (κ3) is 6.55. The van der Waals surface area contributed by atoms with E-state index >= 15 is 0 Å². The predicted molar refractivity (Wildman–Crippen MR) is 48.0 cm³/mol. The van der Waals surface area contributed by atoms with Crippen LogP contribution in [0, 0.1) is 6.42 Å². The average Bonchev–Trinajstić information content (AvgIpc) is 2.60. The summed E-state index contributed by atoms with van der Waals surface area (Å²) in [6, 6.07) is 0. The third-order valence-electron chi connectivity index (χ3n) is 1.97. The molecule has 0 radical (unpaired) electrons. The van der Waals surface area contributed by atoms with E-state index in [4.69, 9.17) is 0 Å². The first-order valence-electron chi connectivity index (χ1n) is 4.01. The molecule has 0 unspecified atom stereocenters. The van der Waals surface area contributed by atoms with Gasteiger partial charge >= 0.3 is 21.7 Å². The van der Waals surface area contributed by atoms with Gasteiger partial charge in [0.1, 0.15) is 0 Å². The van der Waals surface area contributed by atoms with Crippen molar-refractivity contribution in [2.75, 3.05) is 0 Å². The second-order valence-corrected chi connectivity index (χ2v) is 2.89. The molecule has 2 aliphatic carbocycles. The van der Waals surface area contributed by atoms with E-state index in [1.807, 2.05) is 0 Å². The summed E-state index contributed by atoms with van der Waals surface area (Å²) in [4.78, 5) is 0. The summed E-state index contributed by atoms with van der Waals surface area (Å²) in [5.74, 6) is 0. The van der Waals surface area contributed by atoms with E-state index in [2.05, 4.69) is 42.9 Å². The van der Waals surface area contributed by atoms with Gasteiger partial charge in [-0.15, -0.1) is 12.2 Å². The quantitative estimate of drug-likeness (QED) is 0.352. The van der Waals surface area contributed by atoms with Gasteiger partial charge in [-0.25, -0.2) is 0 Å². The van der Waals surface area contributed by atoms with Crippen molar-refractivity contribution >= 4 is 0 Å². The standard InChI is InChI=1S/C11H11.3ClH.Ti/c1-2-6-10(5-1)9-11-7-3-4-8-11;;;;/h1-5,7,9H,6,8H2;3*1H;/q-1;;;;+4/p-3. The van der Waals surface area contributed by atoms with Crippen LogP contribution < -0.4 is 37.2 Å². The zero-order valence-corrected chi connectivity index (χ0v) is 11.9. The van der Waals surface area contributed by atoms with E-state index in [0.29, 0.717) is 0 Å². The summed E-state index contributed by atoms with van der Waals surface area (Å²) in [7, 11) is 0. The SMILES string of the molecule is C1=CCC([CH-]C2=CC=CC2)=C1.[Cl-].[Cl-].[Cl-].[Ti+4]. The van der Waals surface area contributed by atoms with Crippen LogP contribution in [0.4, 0.5) is 0 Å². The molecule has 0 fully saturated rings. The first-order valence-corrected chi connectivity index (χ1v) is 4.01. The minimum Gasteiger partial charge on any atom is -1.00 e. The number of hydrogen-bond donors (Lipinski definition) is 0. The Balaban J connectivity index is -0.000000360. The third-order valence-corrected chi connectivity index (χ3v) is 1.97. The van der Waals surface area contributed by atoms with E-state index in [1.54, 1.807) is 0 Å². The van der Waals surface area contributed by atoms with Gasteiger partial charge in [-0.1, -0.05) is 12.2 Å². The molecule has 2 rings (SSSR count). The average molecular weight is 297 g/mol. The van der Waals surface area contributed by atoms with Crippen LogP contribution in [-0.2, 0) is 21.7 Å². The van der Waals surface area contributed by atoms with Crippen LogP contribution in [0.25, 0.3) is 0 Å². The fraction of sp³-hybridized carbons (Fsp3) is 0.182. The Morgan fingerprint density at radius 2 is 1.20 bits per heavy atom. The van der Waals surface area contributed by atoms with Gasteiger partial charge in [0.05, 0.1) is 0 Å². The fourth-order valence-corrected chi connectivity index (χ4v) is 1.38. The molecule has 0 saturated heterocycles. The van der Waals surface area contributed by atoms with Crippen LogP contribution in [0.1, 0.15) is 12.8 Å². The summed E-state index contributed by atoms with van der Waals surface area (Å²) in [5.41, 5.74) is 2.86. The monoisotopic (exact) mass is 296 g/mol. The Bertz CT molecular complexity index is 250. The van der Waals surface area contributed by atoms with Gasteiger partial charge in [0.25, 0.3) is 0 Å². The van der Waals surface area contributed by atoms with E-state index in [-0.39, 0.29) is 58.9 Å². The van der Waals surface area contributed by atoms with Crippen molar-refractivity contribution in [1.82, 2.24) is 0 Å². The number of rotatable bonds is 2. The Morgan fingerprint density at radius 3 is 1.47 bits per heavy atom. The van der Waals surface area contributed by atoms with Crippen LogP contribution in [0.5, 0.6) is 0 Å². The Labute approximate surface area is 125 Å². The van der Waals surface area contributed by atoms with Gasteiger partial charge in [0, 0.05) is 0 Å². The van der Waals surface area contributed by atoms with Crippen molar-refractivity contribution in [3.63, 3.8) is 0 Å². The molecule has 0 saturated carbocycles. The van der Waals surface area contributed by atoms with Gasteiger partial charge in [-0.05, 0) is 12.8 Å². The summed E-state index contributed by atoms with van der Waals surface area (Å²) < 4.78 is 0. The van der Waals surface area contributed by atoms with Crippen molar-refractivity contribution in [3.8, 4) is 0 Å². The molecular formula is C11H11Cl3Ti. The number of hydrogen-bond acceptors (Lipinski definition) is 0. The van der Waals surface area contributed by atoms with Crippen LogP contribution in [0.2, 0.25) is 0 Å². The van der Waals surface area contributed by atoms with Gasteiger partial charge in [0.2, 0.25) is 0 Å². The smallest absolute Gasteiger partial charge is 1.00 e. The molecule has 0 aliphatic heterocycles. The molecule has 15 heavy (non-hydrogen) atoms. The molecule has 0 heterocycles. The van der Waals surface area contributed by atoms with Crippen molar-refractivity contribution in [1.29, 1.82) is 0 Å². The summed E-state index contributed by atoms with van der Waals surface area (Å²) in [6.07, 6.45) is 17.5. The van der Waals surface area contributed by atoms with Gasteiger partial charge in [0.15, 0.2) is 0 Å². The molecule has 0 atom stereocenters. The maximum absolute atomic E-state index is 2.28. The van der Waals surface area contributed by atoms with Gasteiger partial charge < -0.3 is 37.2 Å². The molecule has 4 heteroatoms. The summed E-state index contributed by atoms with van der Waals surface area (Å²) in [5, 5.41) is 0. The Kier molecular flexibility index (Phi) is 15.1. The molecule has 0 spiro atoms. The van der Waals surface area contributed by atoms with E-state index in [9.17, 15) is 0 Å². The first kappa shape index (κ1) is 20.8. The second kappa shape index (κ2) is 10.9. The number of allylic oxidation sites excluding steroid dienone is 8. The normalized spacial score (nSPS) is 14.9. The predicted octanol–water partition coefficient (Wildman–Crippen LogP) is -6.03. The minimum absolute atomic E-state index is 0. The van der Waals surface area contributed by atoms with Crippen LogP contribution in [-0.4, -0.2) is 0 Å². The Hall–Kier alpha value is 0.414. The molecule has 0 N–H and O–H groups in total. The maximum Gasteiger partial charge on any atom is 4.00 e. The topological polar surface area (TPSA) is 0 Å². The zero-order chi connectivity index (χ0) is 7.52. The zero-order valence-electron chi connectivity index (χ0n) is 8.09. The molecule has 2 aliphatic rings. The second-order valence-electron chi connectivity index (χ2n) is 2.89. The molecule has 0 aromatic rings. The molecular weight excluding hydrogens is 286 g/mol. The number of halogens is 3.